The summed E-state index contributed by atoms with van der Waals surface area (Å²) in [6, 6.07) is 9.87. The number of likely N-dealkylation sites (tertiary alicyclic amines) is 1. The van der Waals surface area contributed by atoms with Gasteiger partial charge in [0, 0.05) is 30.7 Å². The minimum atomic E-state index is 0. The highest BCUT2D eigenvalue weighted by Gasteiger charge is 2.38. The Labute approximate surface area is 161 Å². The molecular formula is C19H25Cl2N3O. The number of para-hydroxylation sites is 1. The molecule has 1 spiro atoms. The van der Waals surface area contributed by atoms with Crippen molar-refractivity contribution in [3.8, 4) is 0 Å². The van der Waals surface area contributed by atoms with Crippen molar-refractivity contribution in [2.45, 2.75) is 26.2 Å². The molecule has 2 fully saturated rings. The van der Waals surface area contributed by atoms with Crippen LogP contribution in [-0.2, 0) is 0 Å². The van der Waals surface area contributed by atoms with Gasteiger partial charge in [-0.05, 0) is 50.3 Å². The molecule has 0 bridgehead atoms. The molecule has 0 aliphatic carbocycles. The summed E-state index contributed by atoms with van der Waals surface area (Å²) in [6.07, 6.45) is 3.49. The highest BCUT2D eigenvalue weighted by Crippen LogP contribution is 2.37. The third kappa shape index (κ3) is 3.76. The summed E-state index contributed by atoms with van der Waals surface area (Å²) in [5, 5.41) is 4.44. The Morgan fingerprint density at radius 2 is 1.88 bits per heavy atom. The first-order valence-corrected chi connectivity index (χ1v) is 8.53. The van der Waals surface area contributed by atoms with Crippen LogP contribution in [0.1, 0.15) is 35.3 Å². The SMILES string of the molecule is Cc1cc(C(=O)N2CCC3(CCNC3)CC2)c2ccccc2n1.Cl.Cl. The molecule has 1 N–H and O–H groups in total. The maximum Gasteiger partial charge on any atom is 0.254 e. The van der Waals surface area contributed by atoms with E-state index in [4.69, 9.17) is 0 Å². The van der Waals surface area contributed by atoms with Gasteiger partial charge in [0.05, 0.1) is 11.1 Å². The van der Waals surface area contributed by atoms with Crippen molar-refractivity contribution in [1.82, 2.24) is 15.2 Å². The van der Waals surface area contributed by atoms with Crippen LogP contribution in [0.3, 0.4) is 0 Å². The number of fused-ring (bicyclic) bond motifs is 1. The first-order chi connectivity index (χ1) is 11.2. The molecule has 3 heterocycles. The van der Waals surface area contributed by atoms with Gasteiger partial charge in [0.1, 0.15) is 0 Å². The van der Waals surface area contributed by atoms with Gasteiger partial charge in [0.2, 0.25) is 0 Å². The number of hydrogen-bond acceptors (Lipinski definition) is 3. The van der Waals surface area contributed by atoms with E-state index in [1.807, 2.05) is 42.2 Å². The number of benzene rings is 1. The molecule has 1 aromatic heterocycles. The smallest absolute Gasteiger partial charge is 0.254 e. The molecule has 2 aliphatic heterocycles. The Bertz CT molecular complexity index is 749. The van der Waals surface area contributed by atoms with Crippen molar-refractivity contribution in [3.05, 3.63) is 41.6 Å². The van der Waals surface area contributed by atoms with Crippen molar-refractivity contribution in [2.24, 2.45) is 5.41 Å². The summed E-state index contributed by atoms with van der Waals surface area (Å²) in [6.45, 7) is 5.94. The minimum Gasteiger partial charge on any atom is -0.339 e. The van der Waals surface area contributed by atoms with Gasteiger partial charge in [0.15, 0.2) is 0 Å². The standard InChI is InChI=1S/C19H23N3O.2ClH/c1-14-12-16(15-4-2-3-5-17(15)21-14)18(23)22-10-7-19(8-11-22)6-9-20-13-19;;/h2-5,12,20H,6-11,13H2,1H3;2*1H. The molecule has 4 nitrogen and oxygen atoms in total. The van der Waals surface area contributed by atoms with Gasteiger partial charge in [-0.2, -0.15) is 0 Å². The minimum absolute atomic E-state index is 0. The number of hydrogen-bond donors (Lipinski definition) is 1. The number of aromatic nitrogens is 1. The number of amides is 1. The zero-order chi connectivity index (χ0) is 15.9. The molecule has 4 rings (SSSR count). The highest BCUT2D eigenvalue weighted by atomic mass is 35.5. The lowest BCUT2D eigenvalue weighted by molar-refractivity contribution is 0.0609. The normalized spacial score (nSPS) is 18.7. The lowest BCUT2D eigenvalue weighted by Gasteiger charge is -2.39. The predicted octanol–water partition coefficient (Wildman–Crippen LogP) is 3.60. The molecule has 1 aromatic carbocycles. The molecule has 136 valence electrons. The van der Waals surface area contributed by atoms with E-state index in [9.17, 15) is 4.79 Å². The Morgan fingerprint density at radius 3 is 2.56 bits per heavy atom. The Balaban J connectivity index is 0.00000113. The van der Waals surface area contributed by atoms with E-state index in [-0.39, 0.29) is 30.7 Å². The van der Waals surface area contributed by atoms with Crippen LogP contribution in [0.15, 0.2) is 30.3 Å². The largest absolute Gasteiger partial charge is 0.339 e. The third-order valence-corrected chi connectivity index (χ3v) is 5.52. The van der Waals surface area contributed by atoms with Crippen LogP contribution in [-0.4, -0.2) is 42.0 Å². The fraction of sp³-hybridized carbons (Fsp3) is 0.474. The summed E-state index contributed by atoms with van der Waals surface area (Å²) in [5.74, 6) is 0.160. The van der Waals surface area contributed by atoms with Crippen LogP contribution >= 0.6 is 24.8 Å². The fourth-order valence-corrected chi connectivity index (χ4v) is 4.06. The third-order valence-electron chi connectivity index (χ3n) is 5.52. The zero-order valence-electron chi connectivity index (χ0n) is 14.5. The fourth-order valence-electron chi connectivity index (χ4n) is 4.06. The highest BCUT2D eigenvalue weighted by molar-refractivity contribution is 6.06. The number of rotatable bonds is 1. The summed E-state index contributed by atoms with van der Waals surface area (Å²) in [4.78, 5) is 19.6. The van der Waals surface area contributed by atoms with Gasteiger partial charge in [-0.1, -0.05) is 18.2 Å². The first-order valence-electron chi connectivity index (χ1n) is 8.53. The van der Waals surface area contributed by atoms with Crippen molar-refractivity contribution >= 4 is 41.6 Å². The van der Waals surface area contributed by atoms with Crippen molar-refractivity contribution in [2.75, 3.05) is 26.2 Å². The molecule has 6 heteroatoms. The number of nitrogens with zero attached hydrogens (tertiary/aromatic N) is 2. The Hall–Kier alpha value is -1.36. The van der Waals surface area contributed by atoms with Gasteiger partial charge >= 0.3 is 0 Å². The average molecular weight is 382 g/mol. The van der Waals surface area contributed by atoms with E-state index >= 15 is 0 Å². The van der Waals surface area contributed by atoms with Crippen LogP contribution in [0, 0.1) is 12.3 Å². The summed E-state index contributed by atoms with van der Waals surface area (Å²) >= 11 is 0. The molecule has 0 radical (unpaired) electrons. The maximum atomic E-state index is 13.1. The lowest BCUT2D eigenvalue weighted by Crippen LogP contribution is -2.44. The van der Waals surface area contributed by atoms with E-state index in [1.54, 1.807) is 0 Å². The molecule has 1 amide bonds. The zero-order valence-corrected chi connectivity index (χ0v) is 16.1. The summed E-state index contributed by atoms with van der Waals surface area (Å²) in [7, 11) is 0. The van der Waals surface area contributed by atoms with Crippen LogP contribution < -0.4 is 5.32 Å². The van der Waals surface area contributed by atoms with Crippen LogP contribution in [0.5, 0.6) is 0 Å². The van der Waals surface area contributed by atoms with Crippen LogP contribution in [0.2, 0.25) is 0 Å². The van der Waals surface area contributed by atoms with Gasteiger partial charge in [-0.3, -0.25) is 9.78 Å². The van der Waals surface area contributed by atoms with Gasteiger partial charge in [0.25, 0.3) is 5.91 Å². The van der Waals surface area contributed by atoms with Gasteiger partial charge < -0.3 is 10.2 Å². The number of nitrogens with one attached hydrogen (secondary N) is 1. The topological polar surface area (TPSA) is 45.2 Å². The second-order valence-electron chi connectivity index (χ2n) is 7.05. The molecule has 0 unspecified atom stereocenters. The summed E-state index contributed by atoms with van der Waals surface area (Å²) in [5.41, 5.74) is 3.05. The van der Waals surface area contributed by atoms with Crippen LogP contribution in [0.4, 0.5) is 0 Å². The number of carbonyl (C=O) groups excluding carboxylic acids is 1. The molecule has 25 heavy (non-hydrogen) atoms. The van der Waals surface area contributed by atoms with E-state index in [0.29, 0.717) is 5.41 Å². The number of halogens is 2. The van der Waals surface area contributed by atoms with E-state index in [0.717, 1.165) is 61.2 Å². The molecule has 2 aliphatic rings. The summed E-state index contributed by atoms with van der Waals surface area (Å²) < 4.78 is 0. The Morgan fingerprint density at radius 1 is 1.16 bits per heavy atom. The molecule has 2 saturated heterocycles. The lowest BCUT2D eigenvalue weighted by atomic mass is 9.77. The van der Waals surface area contributed by atoms with Gasteiger partial charge in [-0.15, -0.1) is 24.8 Å². The van der Waals surface area contributed by atoms with E-state index in [1.165, 1.54) is 6.42 Å². The molecule has 0 atom stereocenters. The van der Waals surface area contributed by atoms with Crippen LogP contribution in [0.25, 0.3) is 10.9 Å². The number of piperidine rings is 1. The van der Waals surface area contributed by atoms with Gasteiger partial charge in [-0.25, -0.2) is 0 Å². The number of aryl methyl sites for hydroxylation is 1. The predicted molar refractivity (Wildman–Crippen MR) is 106 cm³/mol. The first kappa shape index (κ1) is 20.0. The van der Waals surface area contributed by atoms with Crippen molar-refractivity contribution in [3.63, 3.8) is 0 Å². The van der Waals surface area contributed by atoms with Crippen molar-refractivity contribution in [1.29, 1.82) is 0 Å². The number of carbonyl (C=O) groups is 1. The van der Waals surface area contributed by atoms with E-state index in [2.05, 4.69) is 10.3 Å². The van der Waals surface area contributed by atoms with E-state index < -0.39 is 0 Å². The second-order valence-corrected chi connectivity index (χ2v) is 7.05. The average Bonchev–Trinajstić information content (AvgIpc) is 3.02. The Kier molecular flexibility index (Phi) is 6.30. The second kappa shape index (κ2) is 7.90. The molecule has 0 saturated carbocycles. The number of pyridine rings is 1. The molecule has 2 aromatic rings. The maximum absolute atomic E-state index is 13.1. The molecular weight excluding hydrogens is 357 g/mol. The monoisotopic (exact) mass is 381 g/mol. The van der Waals surface area contributed by atoms with Crippen molar-refractivity contribution < 1.29 is 4.79 Å². The quantitative estimate of drug-likeness (QED) is 0.820.